The number of carbonyl (C=O) groups is 2. The number of piperazine rings is 1. The van der Waals surface area contributed by atoms with Crippen molar-refractivity contribution in [3.8, 4) is 5.75 Å². The van der Waals surface area contributed by atoms with E-state index < -0.39 is 0 Å². The molecule has 6 nitrogen and oxygen atoms in total. The predicted octanol–water partition coefficient (Wildman–Crippen LogP) is 0.840. The minimum absolute atomic E-state index is 0.0499. The topological polar surface area (TPSA) is 70.7 Å². The highest BCUT2D eigenvalue weighted by atomic mass is 16.5. The summed E-state index contributed by atoms with van der Waals surface area (Å²) in [6.07, 6.45) is 0. The van der Waals surface area contributed by atoms with Gasteiger partial charge in [0.2, 0.25) is 0 Å². The zero-order valence-corrected chi connectivity index (χ0v) is 12.2. The van der Waals surface area contributed by atoms with Gasteiger partial charge in [-0.05, 0) is 26.0 Å². The molecule has 0 saturated carbocycles. The van der Waals surface area contributed by atoms with Gasteiger partial charge in [-0.25, -0.2) is 0 Å². The number of amides is 2. The van der Waals surface area contributed by atoms with Gasteiger partial charge in [-0.2, -0.15) is 0 Å². The third-order valence-electron chi connectivity index (χ3n) is 3.71. The maximum absolute atomic E-state index is 12.7. The van der Waals surface area contributed by atoms with Crippen molar-refractivity contribution >= 4 is 17.5 Å². The Balaban J connectivity index is 1.88. The van der Waals surface area contributed by atoms with Gasteiger partial charge >= 0.3 is 0 Å². The molecule has 2 atom stereocenters. The molecule has 1 aromatic rings. The number of benzene rings is 1. The van der Waals surface area contributed by atoms with Crippen molar-refractivity contribution in [1.82, 2.24) is 10.2 Å². The van der Waals surface area contributed by atoms with E-state index in [2.05, 4.69) is 24.5 Å². The van der Waals surface area contributed by atoms with E-state index in [1.54, 1.807) is 18.2 Å². The molecule has 0 radical (unpaired) electrons. The molecule has 2 N–H and O–H groups in total. The molecular formula is C15H19N3O3. The number of ether oxygens (including phenoxy) is 1. The lowest BCUT2D eigenvalue weighted by Gasteiger charge is -2.36. The second-order valence-corrected chi connectivity index (χ2v) is 5.70. The van der Waals surface area contributed by atoms with Crippen molar-refractivity contribution in [2.75, 3.05) is 25.0 Å². The van der Waals surface area contributed by atoms with Crippen LogP contribution in [0.15, 0.2) is 18.2 Å². The van der Waals surface area contributed by atoms with Gasteiger partial charge < -0.3 is 20.3 Å². The first kappa shape index (κ1) is 13.9. The Bertz CT molecular complexity index is 578. The molecule has 0 bridgehead atoms. The molecular weight excluding hydrogens is 270 g/mol. The SMILES string of the molecule is C[C@@H]1CN(C(=O)c2cccc3c2OCC(=O)N3)C[C@H](C)N1. The standard InChI is InChI=1S/C15H19N3O3/c1-9-6-18(7-10(2)16-9)15(20)11-4-3-5-12-14(11)21-8-13(19)17-12/h3-5,9-10,16H,6-8H2,1-2H3,(H,17,19)/t9-,10+. The van der Waals surface area contributed by atoms with E-state index >= 15 is 0 Å². The predicted molar refractivity (Wildman–Crippen MR) is 78.5 cm³/mol. The minimum atomic E-state index is -0.198. The Morgan fingerprint density at radius 3 is 2.71 bits per heavy atom. The van der Waals surface area contributed by atoms with Gasteiger partial charge in [0, 0.05) is 25.2 Å². The highest BCUT2D eigenvalue weighted by Crippen LogP contribution is 2.32. The number of nitrogens with zero attached hydrogens (tertiary/aromatic N) is 1. The van der Waals surface area contributed by atoms with Crippen molar-refractivity contribution in [3.05, 3.63) is 23.8 Å². The van der Waals surface area contributed by atoms with Crippen LogP contribution in [-0.4, -0.2) is 48.5 Å². The highest BCUT2D eigenvalue weighted by molar-refractivity contribution is 6.03. The lowest BCUT2D eigenvalue weighted by atomic mass is 10.1. The smallest absolute Gasteiger partial charge is 0.262 e. The summed E-state index contributed by atoms with van der Waals surface area (Å²) in [6.45, 7) is 5.41. The van der Waals surface area contributed by atoms with Crippen LogP contribution in [0.1, 0.15) is 24.2 Å². The van der Waals surface area contributed by atoms with Gasteiger partial charge in [-0.1, -0.05) is 6.07 Å². The summed E-state index contributed by atoms with van der Waals surface area (Å²) >= 11 is 0. The molecule has 2 aliphatic rings. The zero-order chi connectivity index (χ0) is 15.0. The number of hydrogen-bond acceptors (Lipinski definition) is 4. The summed E-state index contributed by atoms with van der Waals surface area (Å²) in [5.74, 6) is 0.223. The second kappa shape index (κ2) is 5.37. The number of rotatable bonds is 1. The van der Waals surface area contributed by atoms with Crippen LogP contribution in [0.2, 0.25) is 0 Å². The van der Waals surface area contributed by atoms with Crippen LogP contribution in [0.3, 0.4) is 0 Å². The Hall–Kier alpha value is -2.08. The van der Waals surface area contributed by atoms with Crippen molar-refractivity contribution in [3.63, 3.8) is 0 Å². The maximum Gasteiger partial charge on any atom is 0.262 e. The Labute approximate surface area is 123 Å². The van der Waals surface area contributed by atoms with Crippen LogP contribution in [0.25, 0.3) is 0 Å². The molecule has 2 heterocycles. The van der Waals surface area contributed by atoms with Crippen LogP contribution >= 0.6 is 0 Å². The van der Waals surface area contributed by atoms with Crippen LogP contribution < -0.4 is 15.4 Å². The fourth-order valence-electron chi connectivity index (χ4n) is 2.95. The lowest BCUT2D eigenvalue weighted by molar-refractivity contribution is -0.118. The monoisotopic (exact) mass is 289 g/mol. The van der Waals surface area contributed by atoms with E-state index in [1.165, 1.54) is 0 Å². The maximum atomic E-state index is 12.7. The summed E-state index contributed by atoms with van der Waals surface area (Å²) in [7, 11) is 0. The van der Waals surface area contributed by atoms with Crippen molar-refractivity contribution in [1.29, 1.82) is 0 Å². The average molecular weight is 289 g/mol. The van der Waals surface area contributed by atoms with Crippen LogP contribution in [0, 0.1) is 0 Å². The number of fused-ring (bicyclic) bond motifs is 1. The summed E-state index contributed by atoms with van der Waals surface area (Å²) in [4.78, 5) is 25.9. The highest BCUT2D eigenvalue weighted by Gasteiger charge is 2.29. The lowest BCUT2D eigenvalue weighted by Crippen LogP contribution is -2.55. The van der Waals surface area contributed by atoms with Gasteiger partial charge in [0.15, 0.2) is 12.4 Å². The molecule has 1 fully saturated rings. The Morgan fingerprint density at radius 1 is 1.29 bits per heavy atom. The van der Waals surface area contributed by atoms with Crippen LogP contribution in [0.5, 0.6) is 5.75 Å². The molecule has 0 aliphatic carbocycles. The largest absolute Gasteiger partial charge is 0.481 e. The van der Waals surface area contributed by atoms with E-state index in [0.29, 0.717) is 30.1 Å². The van der Waals surface area contributed by atoms with Gasteiger partial charge in [0.1, 0.15) is 0 Å². The van der Waals surface area contributed by atoms with Gasteiger partial charge in [-0.3, -0.25) is 9.59 Å². The van der Waals surface area contributed by atoms with Gasteiger partial charge in [-0.15, -0.1) is 0 Å². The Kier molecular flexibility index (Phi) is 3.55. The molecule has 2 aliphatic heterocycles. The summed E-state index contributed by atoms with van der Waals surface area (Å²) in [6, 6.07) is 5.77. The molecule has 3 rings (SSSR count). The third-order valence-corrected chi connectivity index (χ3v) is 3.71. The first-order valence-corrected chi connectivity index (χ1v) is 7.15. The molecule has 112 valence electrons. The zero-order valence-electron chi connectivity index (χ0n) is 12.2. The average Bonchev–Trinajstić information content (AvgIpc) is 2.44. The molecule has 21 heavy (non-hydrogen) atoms. The molecule has 1 aromatic carbocycles. The summed E-state index contributed by atoms with van der Waals surface area (Å²) in [5, 5.41) is 6.13. The molecule has 0 unspecified atom stereocenters. The van der Waals surface area contributed by atoms with Crippen molar-refractivity contribution < 1.29 is 14.3 Å². The normalized spacial score (nSPS) is 24.9. The number of carbonyl (C=O) groups excluding carboxylic acids is 2. The van der Waals surface area contributed by atoms with E-state index in [-0.39, 0.29) is 30.5 Å². The van der Waals surface area contributed by atoms with Crippen LogP contribution in [0.4, 0.5) is 5.69 Å². The van der Waals surface area contributed by atoms with Crippen molar-refractivity contribution in [2.45, 2.75) is 25.9 Å². The number of para-hydroxylation sites is 1. The number of hydrogen-bond donors (Lipinski definition) is 2. The minimum Gasteiger partial charge on any atom is -0.481 e. The fraction of sp³-hybridized carbons (Fsp3) is 0.467. The first-order valence-electron chi connectivity index (χ1n) is 7.15. The van der Waals surface area contributed by atoms with Crippen LogP contribution in [-0.2, 0) is 4.79 Å². The number of anilines is 1. The second-order valence-electron chi connectivity index (χ2n) is 5.70. The Morgan fingerprint density at radius 2 is 2.00 bits per heavy atom. The number of nitrogens with one attached hydrogen (secondary N) is 2. The molecule has 2 amide bonds. The molecule has 6 heteroatoms. The molecule has 1 saturated heterocycles. The van der Waals surface area contributed by atoms with Gasteiger partial charge in [0.25, 0.3) is 11.8 Å². The van der Waals surface area contributed by atoms with E-state index in [9.17, 15) is 9.59 Å². The summed E-state index contributed by atoms with van der Waals surface area (Å²) in [5.41, 5.74) is 1.07. The van der Waals surface area contributed by atoms with E-state index in [1.807, 2.05) is 4.90 Å². The third kappa shape index (κ3) is 2.71. The van der Waals surface area contributed by atoms with E-state index in [4.69, 9.17) is 4.74 Å². The molecule has 0 spiro atoms. The van der Waals surface area contributed by atoms with Gasteiger partial charge in [0.05, 0.1) is 11.3 Å². The fourth-order valence-corrected chi connectivity index (χ4v) is 2.95. The molecule has 0 aromatic heterocycles. The quantitative estimate of drug-likeness (QED) is 0.804. The summed E-state index contributed by atoms with van der Waals surface area (Å²) < 4.78 is 5.46. The van der Waals surface area contributed by atoms with Crippen molar-refractivity contribution in [2.24, 2.45) is 0 Å². The first-order chi connectivity index (χ1) is 10.0. The van der Waals surface area contributed by atoms with E-state index in [0.717, 1.165) is 0 Å².